The minimum atomic E-state index is -3.42. The van der Waals surface area contributed by atoms with Crippen molar-refractivity contribution >= 4 is 9.84 Å². The van der Waals surface area contributed by atoms with Gasteiger partial charge in [0.15, 0.2) is 9.84 Å². The van der Waals surface area contributed by atoms with Gasteiger partial charge in [-0.2, -0.15) is 0 Å². The normalized spacial score (nSPS) is 44.7. The number of rotatable bonds is 6. The first-order chi connectivity index (χ1) is 17.5. The van der Waals surface area contributed by atoms with Gasteiger partial charge in [-0.15, -0.1) is 0 Å². The van der Waals surface area contributed by atoms with Crippen molar-refractivity contribution in [1.29, 1.82) is 0 Å². The molecule has 4 fully saturated rings. The number of allylic oxidation sites excluding steroid dienone is 1. The molecule has 206 valence electrons. The van der Waals surface area contributed by atoms with Crippen LogP contribution in [0.15, 0.2) is 46.7 Å². The predicted molar refractivity (Wildman–Crippen MR) is 145 cm³/mol. The first-order valence-electron chi connectivity index (χ1n) is 14.5. The summed E-state index contributed by atoms with van der Waals surface area (Å²) in [7, 11) is -3.42. The van der Waals surface area contributed by atoms with Crippen molar-refractivity contribution in [2.45, 2.75) is 102 Å². The van der Waals surface area contributed by atoms with Crippen LogP contribution in [-0.2, 0) is 9.84 Å². The Morgan fingerprint density at radius 3 is 2.46 bits per heavy atom. The zero-order valence-electron chi connectivity index (χ0n) is 22.7. The summed E-state index contributed by atoms with van der Waals surface area (Å²) in [5.74, 6) is 1.89. The van der Waals surface area contributed by atoms with Gasteiger partial charge in [0.2, 0.25) is 0 Å². The number of hydrogen-bond acceptors (Lipinski definition) is 5. The van der Waals surface area contributed by atoms with Gasteiger partial charge in [0, 0.05) is 5.41 Å². The lowest BCUT2D eigenvalue weighted by molar-refractivity contribution is -0.207. The number of sulfone groups is 1. The van der Waals surface area contributed by atoms with Gasteiger partial charge in [-0.05, 0) is 116 Å². The molecule has 4 saturated carbocycles. The van der Waals surface area contributed by atoms with E-state index in [2.05, 4.69) is 20.8 Å². The Labute approximate surface area is 223 Å². The van der Waals surface area contributed by atoms with E-state index in [0.29, 0.717) is 40.9 Å². The molecule has 6 heteroatoms. The SMILES string of the molecule is C[C@H](CC/C=C/S(=O)(=O)c1ccccc1)[C@H]1CC[C@H]2[C@@H]3[C@H](O)C[C@@H]4C[C@H](O)CC[C@]4(C)[C@H]3C[C@H](O)[C@]12C. The first-order valence-corrected chi connectivity index (χ1v) is 16.0. The maximum absolute atomic E-state index is 12.6. The molecular weight excluding hydrogens is 484 g/mol. The van der Waals surface area contributed by atoms with Crippen LogP contribution in [0.5, 0.6) is 0 Å². The second-order valence-corrected chi connectivity index (χ2v) is 15.1. The Bertz CT molecular complexity index is 1090. The van der Waals surface area contributed by atoms with Crippen molar-refractivity contribution in [1.82, 2.24) is 0 Å². The van der Waals surface area contributed by atoms with E-state index >= 15 is 0 Å². The molecule has 0 aliphatic heterocycles. The zero-order valence-corrected chi connectivity index (χ0v) is 23.5. The molecule has 0 aromatic heterocycles. The van der Waals surface area contributed by atoms with E-state index in [-0.39, 0.29) is 29.0 Å². The van der Waals surface area contributed by atoms with E-state index in [4.69, 9.17) is 0 Å². The Morgan fingerprint density at radius 1 is 1.00 bits per heavy atom. The summed E-state index contributed by atoms with van der Waals surface area (Å²) in [4.78, 5) is 0.319. The van der Waals surface area contributed by atoms with Gasteiger partial charge in [0.1, 0.15) is 0 Å². The molecule has 5 nitrogen and oxygen atoms in total. The topological polar surface area (TPSA) is 94.8 Å². The minimum Gasteiger partial charge on any atom is -0.393 e. The molecule has 5 rings (SSSR count). The molecule has 1 aromatic rings. The van der Waals surface area contributed by atoms with E-state index in [1.165, 1.54) is 5.41 Å². The third-order valence-electron chi connectivity index (χ3n) is 11.7. The summed E-state index contributed by atoms with van der Waals surface area (Å²) >= 11 is 0. The highest BCUT2D eigenvalue weighted by molar-refractivity contribution is 7.94. The Morgan fingerprint density at radius 2 is 1.73 bits per heavy atom. The lowest BCUT2D eigenvalue weighted by Crippen LogP contribution is -2.62. The van der Waals surface area contributed by atoms with Gasteiger partial charge in [0.05, 0.1) is 23.2 Å². The second-order valence-electron chi connectivity index (χ2n) is 13.3. The van der Waals surface area contributed by atoms with Crippen LogP contribution in [0.1, 0.15) is 78.6 Å². The Balaban J connectivity index is 1.28. The fourth-order valence-corrected chi connectivity index (χ4v) is 10.7. The first kappa shape index (κ1) is 27.4. The van der Waals surface area contributed by atoms with Crippen molar-refractivity contribution in [3.8, 4) is 0 Å². The second kappa shape index (κ2) is 10.1. The molecule has 0 saturated heterocycles. The highest BCUT2D eigenvalue weighted by Gasteiger charge is 2.65. The highest BCUT2D eigenvalue weighted by Crippen LogP contribution is 2.68. The molecule has 4 aliphatic carbocycles. The maximum atomic E-state index is 12.6. The number of aliphatic hydroxyl groups is 3. The van der Waals surface area contributed by atoms with Gasteiger partial charge in [-0.3, -0.25) is 0 Å². The van der Waals surface area contributed by atoms with Gasteiger partial charge in [0.25, 0.3) is 0 Å². The standard InChI is InChI=1S/C31H46O5S/c1-20(9-7-8-16-37(35,36)23-10-5-4-6-11-23)24-12-13-25-29-26(19-28(34)31(24,25)3)30(2)15-14-22(32)17-21(30)18-27(29)33/h4-6,8,10-11,16,20-22,24-29,32-34H,7,9,12-15,17-19H2,1-3H3/b16-8+/t20-,21+,22-,24-,25+,26+,27-,28+,29+,30+,31-/m1/s1. The quantitative estimate of drug-likeness (QED) is 0.461. The largest absolute Gasteiger partial charge is 0.393 e. The fourth-order valence-electron chi connectivity index (χ4n) is 9.58. The third kappa shape index (κ3) is 4.64. The summed E-state index contributed by atoms with van der Waals surface area (Å²) in [5.41, 5.74) is -0.136. The number of benzene rings is 1. The highest BCUT2D eigenvalue weighted by atomic mass is 32.2. The van der Waals surface area contributed by atoms with E-state index in [1.54, 1.807) is 30.3 Å². The van der Waals surface area contributed by atoms with Crippen molar-refractivity contribution in [3.63, 3.8) is 0 Å². The van der Waals surface area contributed by atoms with Gasteiger partial charge < -0.3 is 15.3 Å². The summed E-state index contributed by atoms with van der Waals surface area (Å²) in [5, 5.41) is 34.8. The van der Waals surface area contributed by atoms with E-state index < -0.39 is 15.9 Å². The number of hydrogen-bond donors (Lipinski definition) is 3. The molecule has 0 spiro atoms. The molecule has 0 heterocycles. The van der Waals surface area contributed by atoms with Gasteiger partial charge in [-0.1, -0.05) is 45.0 Å². The van der Waals surface area contributed by atoms with Crippen LogP contribution in [0.3, 0.4) is 0 Å². The van der Waals surface area contributed by atoms with Crippen LogP contribution in [0.2, 0.25) is 0 Å². The van der Waals surface area contributed by atoms with Crippen LogP contribution in [0.25, 0.3) is 0 Å². The number of aliphatic hydroxyl groups excluding tert-OH is 3. The Hall–Kier alpha value is -1.21. The molecular formula is C31H46O5S. The summed E-state index contributed by atoms with van der Waals surface area (Å²) in [6.45, 7) is 6.90. The molecule has 0 radical (unpaired) electrons. The molecule has 37 heavy (non-hydrogen) atoms. The summed E-state index contributed by atoms with van der Waals surface area (Å²) in [6, 6.07) is 8.53. The van der Waals surface area contributed by atoms with Crippen molar-refractivity contribution in [3.05, 3.63) is 41.8 Å². The monoisotopic (exact) mass is 530 g/mol. The zero-order chi connectivity index (χ0) is 26.6. The maximum Gasteiger partial charge on any atom is 0.199 e. The molecule has 1 aromatic carbocycles. The average molecular weight is 531 g/mol. The molecule has 0 unspecified atom stereocenters. The molecule has 3 N–H and O–H groups in total. The summed E-state index contributed by atoms with van der Waals surface area (Å²) < 4.78 is 25.1. The van der Waals surface area contributed by atoms with Gasteiger partial charge in [-0.25, -0.2) is 8.42 Å². The van der Waals surface area contributed by atoms with E-state index in [1.807, 2.05) is 6.07 Å². The minimum absolute atomic E-state index is 0.0875. The molecule has 11 atom stereocenters. The lowest BCUT2D eigenvalue weighted by atomic mass is 9.43. The van der Waals surface area contributed by atoms with Crippen LogP contribution in [0, 0.1) is 46.3 Å². The van der Waals surface area contributed by atoms with E-state index in [0.717, 1.165) is 51.4 Å². The fraction of sp³-hybridized carbons (Fsp3) is 0.742. The molecule has 0 bridgehead atoms. The van der Waals surface area contributed by atoms with Crippen molar-refractivity contribution < 1.29 is 23.7 Å². The number of fused-ring (bicyclic) bond motifs is 5. The van der Waals surface area contributed by atoms with Crippen molar-refractivity contribution in [2.24, 2.45) is 46.3 Å². The predicted octanol–water partition coefficient (Wildman–Crippen LogP) is 5.35. The van der Waals surface area contributed by atoms with Gasteiger partial charge >= 0.3 is 0 Å². The van der Waals surface area contributed by atoms with Crippen LogP contribution in [0.4, 0.5) is 0 Å². The average Bonchev–Trinajstić information content (AvgIpc) is 3.22. The van der Waals surface area contributed by atoms with Crippen LogP contribution < -0.4 is 0 Å². The van der Waals surface area contributed by atoms with E-state index in [9.17, 15) is 23.7 Å². The molecule has 0 amide bonds. The van der Waals surface area contributed by atoms with Crippen LogP contribution in [-0.4, -0.2) is 42.0 Å². The Kier molecular flexibility index (Phi) is 7.45. The lowest BCUT2D eigenvalue weighted by Gasteiger charge is -2.63. The van der Waals surface area contributed by atoms with Crippen LogP contribution >= 0.6 is 0 Å². The molecule has 4 aliphatic rings. The third-order valence-corrected chi connectivity index (χ3v) is 13.1. The summed E-state index contributed by atoms with van der Waals surface area (Å²) in [6.07, 6.45) is 8.57. The smallest absolute Gasteiger partial charge is 0.199 e. The van der Waals surface area contributed by atoms with Crippen molar-refractivity contribution in [2.75, 3.05) is 0 Å².